The van der Waals surface area contributed by atoms with Gasteiger partial charge in [-0.15, -0.1) is 0 Å². The van der Waals surface area contributed by atoms with Gasteiger partial charge in [0.15, 0.2) is 0 Å². The number of nitrogens with zero attached hydrogens (tertiary/aromatic N) is 1. The van der Waals surface area contributed by atoms with Crippen LogP contribution in [-0.4, -0.2) is 32.1 Å². The number of anilines is 1. The molecule has 98 valence electrons. The first kappa shape index (κ1) is 13.0. The lowest BCUT2D eigenvalue weighted by atomic mass is 9.99. The van der Waals surface area contributed by atoms with Crippen LogP contribution >= 0.6 is 0 Å². The highest BCUT2D eigenvalue weighted by Gasteiger charge is 2.25. The summed E-state index contributed by atoms with van der Waals surface area (Å²) in [7, 11) is 0. The zero-order chi connectivity index (χ0) is 13.0. The molecule has 2 rings (SSSR count). The number of ketones is 1. The summed E-state index contributed by atoms with van der Waals surface area (Å²) < 4.78 is 19.0. The SMILES string of the molecule is CCN(CC1COCCC1=O)c1ccccc1F. The Morgan fingerprint density at radius 1 is 1.44 bits per heavy atom. The van der Waals surface area contributed by atoms with Crippen molar-refractivity contribution in [3.63, 3.8) is 0 Å². The number of hydrogen-bond donors (Lipinski definition) is 0. The second-order valence-electron chi connectivity index (χ2n) is 4.48. The van der Waals surface area contributed by atoms with E-state index in [1.54, 1.807) is 18.2 Å². The molecule has 3 nitrogen and oxygen atoms in total. The van der Waals surface area contributed by atoms with Crippen LogP contribution in [0.5, 0.6) is 0 Å². The highest BCUT2D eigenvalue weighted by atomic mass is 19.1. The Balaban J connectivity index is 2.09. The van der Waals surface area contributed by atoms with Gasteiger partial charge >= 0.3 is 0 Å². The predicted octanol–water partition coefficient (Wildman–Crippen LogP) is 2.26. The highest BCUT2D eigenvalue weighted by Crippen LogP contribution is 2.21. The minimum absolute atomic E-state index is 0.140. The summed E-state index contributed by atoms with van der Waals surface area (Å²) >= 11 is 0. The molecular weight excluding hydrogens is 233 g/mol. The fourth-order valence-corrected chi connectivity index (χ4v) is 2.22. The van der Waals surface area contributed by atoms with E-state index < -0.39 is 0 Å². The van der Waals surface area contributed by atoms with Crippen LogP contribution in [0.15, 0.2) is 24.3 Å². The summed E-state index contributed by atoms with van der Waals surface area (Å²) in [5.74, 6) is -0.169. The van der Waals surface area contributed by atoms with Crippen molar-refractivity contribution in [3.8, 4) is 0 Å². The maximum atomic E-state index is 13.7. The zero-order valence-corrected chi connectivity index (χ0v) is 10.6. The molecule has 1 aliphatic rings. The van der Waals surface area contributed by atoms with Gasteiger partial charge in [0, 0.05) is 19.5 Å². The van der Waals surface area contributed by atoms with Gasteiger partial charge in [-0.1, -0.05) is 12.1 Å². The lowest BCUT2D eigenvalue weighted by Crippen LogP contribution is -2.39. The van der Waals surface area contributed by atoms with Gasteiger partial charge in [-0.25, -0.2) is 4.39 Å². The Kier molecular flexibility index (Phi) is 4.31. The van der Waals surface area contributed by atoms with E-state index in [2.05, 4.69) is 0 Å². The zero-order valence-electron chi connectivity index (χ0n) is 10.6. The topological polar surface area (TPSA) is 29.5 Å². The third kappa shape index (κ3) is 2.88. The van der Waals surface area contributed by atoms with Crippen LogP contribution in [0.4, 0.5) is 10.1 Å². The normalized spacial score (nSPS) is 19.9. The molecule has 1 saturated heterocycles. The van der Waals surface area contributed by atoms with Crippen LogP contribution in [0.3, 0.4) is 0 Å². The van der Waals surface area contributed by atoms with Gasteiger partial charge < -0.3 is 9.64 Å². The number of halogens is 1. The van der Waals surface area contributed by atoms with Crippen molar-refractivity contribution < 1.29 is 13.9 Å². The molecule has 0 N–H and O–H groups in total. The number of Topliss-reactive ketones (excluding diaryl/α,β-unsaturated/α-hetero) is 1. The molecule has 1 heterocycles. The predicted molar refractivity (Wildman–Crippen MR) is 68.2 cm³/mol. The molecule has 18 heavy (non-hydrogen) atoms. The molecule has 1 fully saturated rings. The highest BCUT2D eigenvalue weighted by molar-refractivity contribution is 5.82. The molecule has 1 aliphatic heterocycles. The standard InChI is InChI=1S/C14H18FNO2/c1-2-16(13-6-4-3-5-12(13)15)9-11-10-18-8-7-14(11)17/h3-6,11H,2,7-10H2,1H3. The van der Waals surface area contributed by atoms with E-state index in [1.807, 2.05) is 11.8 Å². The number of para-hydroxylation sites is 1. The molecule has 0 aliphatic carbocycles. The Bertz CT molecular complexity index is 422. The first-order chi connectivity index (χ1) is 8.72. The van der Waals surface area contributed by atoms with Crippen LogP contribution in [0.2, 0.25) is 0 Å². The van der Waals surface area contributed by atoms with Crippen molar-refractivity contribution >= 4 is 11.5 Å². The second-order valence-corrected chi connectivity index (χ2v) is 4.48. The van der Waals surface area contributed by atoms with Crippen molar-refractivity contribution in [2.24, 2.45) is 5.92 Å². The van der Waals surface area contributed by atoms with Crippen molar-refractivity contribution in [1.29, 1.82) is 0 Å². The molecule has 1 aromatic rings. The summed E-state index contributed by atoms with van der Waals surface area (Å²) in [6.07, 6.45) is 0.472. The lowest BCUT2D eigenvalue weighted by Gasteiger charge is -2.29. The molecule has 0 aromatic heterocycles. The van der Waals surface area contributed by atoms with E-state index >= 15 is 0 Å². The number of ether oxygens (including phenoxy) is 1. The third-order valence-corrected chi connectivity index (χ3v) is 3.28. The van der Waals surface area contributed by atoms with Gasteiger partial charge in [0.05, 0.1) is 24.8 Å². The molecule has 0 radical (unpaired) electrons. The summed E-state index contributed by atoms with van der Waals surface area (Å²) in [6.45, 7) is 4.12. The van der Waals surface area contributed by atoms with Gasteiger partial charge in [0.2, 0.25) is 0 Å². The Hall–Kier alpha value is -1.42. The second kappa shape index (κ2) is 5.96. The third-order valence-electron chi connectivity index (χ3n) is 3.28. The number of rotatable bonds is 4. The molecule has 0 bridgehead atoms. The fourth-order valence-electron chi connectivity index (χ4n) is 2.22. The van der Waals surface area contributed by atoms with Crippen molar-refractivity contribution in [1.82, 2.24) is 0 Å². The summed E-state index contributed by atoms with van der Waals surface area (Å²) in [5.41, 5.74) is 0.554. The first-order valence-corrected chi connectivity index (χ1v) is 6.32. The first-order valence-electron chi connectivity index (χ1n) is 6.32. The van der Waals surface area contributed by atoms with E-state index in [9.17, 15) is 9.18 Å². The van der Waals surface area contributed by atoms with Crippen LogP contribution < -0.4 is 4.90 Å². The molecule has 1 unspecified atom stereocenters. The van der Waals surface area contributed by atoms with Crippen LogP contribution in [-0.2, 0) is 9.53 Å². The number of carbonyl (C=O) groups excluding carboxylic acids is 1. The van der Waals surface area contributed by atoms with Gasteiger partial charge in [-0.3, -0.25) is 4.79 Å². The minimum atomic E-state index is -0.247. The lowest BCUT2D eigenvalue weighted by molar-refractivity contribution is -0.129. The maximum absolute atomic E-state index is 13.7. The Labute approximate surface area is 107 Å². The number of benzene rings is 1. The minimum Gasteiger partial charge on any atom is -0.380 e. The number of hydrogen-bond acceptors (Lipinski definition) is 3. The monoisotopic (exact) mass is 251 g/mol. The van der Waals surface area contributed by atoms with E-state index in [-0.39, 0.29) is 17.5 Å². The molecule has 0 saturated carbocycles. The molecule has 1 aromatic carbocycles. The van der Waals surface area contributed by atoms with Crippen LogP contribution in [0, 0.1) is 11.7 Å². The number of carbonyl (C=O) groups is 1. The average Bonchev–Trinajstić information content (AvgIpc) is 2.39. The van der Waals surface area contributed by atoms with Gasteiger partial charge in [0.25, 0.3) is 0 Å². The van der Waals surface area contributed by atoms with Gasteiger partial charge in [-0.2, -0.15) is 0 Å². The maximum Gasteiger partial charge on any atom is 0.146 e. The molecular formula is C14H18FNO2. The largest absolute Gasteiger partial charge is 0.380 e. The molecule has 1 atom stereocenters. The van der Waals surface area contributed by atoms with Gasteiger partial charge in [-0.05, 0) is 19.1 Å². The Morgan fingerprint density at radius 2 is 2.22 bits per heavy atom. The molecule has 0 amide bonds. The average molecular weight is 251 g/mol. The van der Waals surface area contributed by atoms with E-state index in [4.69, 9.17) is 4.74 Å². The quantitative estimate of drug-likeness (QED) is 0.822. The smallest absolute Gasteiger partial charge is 0.146 e. The van der Waals surface area contributed by atoms with Crippen molar-refractivity contribution in [3.05, 3.63) is 30.1 Å². The van der Waals surface area contributed by atoms with Crippen LogP contribution in [0.25, 0.3) is 0 Å². The fraction of sp³-hybridized carbons (Fsp3) is 0.500. The van der Waals surface area contributed by atoms with E-state index in [0.717, 1.165) is 0 Å². The summed E-state index contributed by atoms with van der Waals surface area (Å²) in [5, 5.41) is 0. The van der Waals surface area contributed by atoms with Crippen molar-refractivity contribution in [2.75, 3.05) is 31.2 Å². The van der Waals surface area contributed by atoms with E-state index in [1.165, 1.54) is 6.07 Å². The van der Waals surface area contributed by atoms with Gasteiger partial charge in [0.1, 0.15) is 11.6 Å². The Morgan fingerprint density at radius 3 is 2.89 bits per heavy atom. The molecule has 4 heteroatoms. The van der Waals surface area contributed by atoms with E-state index in [0.29, 0.717) is 38.4 Å². The summed E-state index contributed by atoms with van der Waals surface area (Å²) in [4.78, 5) is 13.7. The van der Waals surface area contributed by atoms with Crippen LogP contribution in [0.1, 0.15) is 13.3 Å². The summed E-state index contributed by atoms with van der Waals surface area (Å²) in [6, 6.07) is 6.66. The molecule has 0 spiro atoms. The van der Waals surface area contributed by atoms with Crippen molar-refractivity contribution in [2.45, 2.75) is 13.3 Å².